The van der Waals surface area contributed by atoms with Gasteiger partial charge < -0.3 is 9.64 Å². The van der Waals surface area contributed by atoms with Crippen molar-refractivity contribution in [1.82, 2.24) is 14.8 Å². The van der Waals surface area contributed by atoms with Gasteiger partial charge in [0.25, 0.3) is 5.91 Å². The minimum absolute atomic E-state index is 0.0653. The molecule has 0 bridgehead atoms. The summed E-state index contributed by atoms with van der Waals surface area (Å²) in [5, 5.41) is 1.82. The maximum atomic E-state index is 12.2. The summed E-state index contributed by atoms with van der Waals surface area (Å²) in [4.78, 5) is 20.7. The SMILES string of the molecule is CN1CCOCC12CCN(C(=O)c1cscn1)CC2. The molecule has 5 nitrogen and oxygen atoms in total. The molecule has 2 fully saturated rings. The maximum Gasteiger partial charge on any atom is 0.273 e. The van der Waals surface area contributed by atoms with Crippen LogP contribution in [0.25, 0.3) is 0 Å². The first-order chi connectivity index (χ1) is 9.21. The van der Waals surface area contributed by atoms with E-state index in [9.17, 15) is 4.79 Å². The molecule has 3 heterocycles. The van der Waals surface area contributed by atoms with E-state index < -0.39 is 0 Å². The third-order valence-corrected chi connectivity index (χ3v) is 4.97. The lowest BCUT2D eigenvalue weighted by atomic mass is 9.85. The quantitative estimate of drug-likeness (QED) is 0.773. The van der Waals surface area contributed by atoms with Gasteiger partial charge in [-0.25, -0.2) is 4.98 Å². The van der Waals surface area contributed by atoms with Gasteiger partial charge in [-0.15, -0.1) is 11.3 Å². The molecular weight excluding hydrogens is 262 g/mol. The Morgan fingerprint density at radius 1 is 1.42 bits per heavy atom. The fourth-order valence-corrected chi connectivity index (χ4v) is 3.47. The van der Waals surface area contributed by atoms with Gasteiger partial charge in [-0.2, -0.15) is 0 Å². The summed E-state index contributed by atoms with van der Waals surface area (Å²) in [6, 6.07) is 0. The number of carbonyl (C=O) groups excluding carboxylic acids is 1. The molecule has 1 amide bonds. The molecule has 0 radical (unpaired) electrons. The minimum atomic E-state index is 0.0653. The Balaban J connectivity index is 1.64. The Bertz CT molecular complexity index is 441. The van der Waals surface area contributed by atoms with Crippen LogP contribution in [0.4, 0.5) is 0 Å². The Morgan fingerprint density at radius 3 is 2.84 bits per heavy atom. The van der Waals surface area contributed by atoms with Gasteiger partial charge in [0.2, 0.25) is 0 Å². The highest BCUT2D eigenvalue weighted by atomic mass is 32.1. The molecule has 0 N–H and O–H groups in total. The van der Waals surface area contributed by atoms with E-state index in [1.807, 2.05) is 10.3 Å². The molecule has 0 aliphatic carbocycles. The zero-order valence-corrected chi connectivity index (χ0v) is 12.0. The van der Waals surface area contributed by atoms with Crippen LogP contribution in [-0.2, 0) is 4.74 Å². The van der Waals surface area contributed by atoms with Gasteiger partial charge in [0.15, 0.2) is 0 Å². The van der Waals surface area contributed by atoms with Crippen LogP contribution >= 0.6 is 11.3 Å². The van der Waals surface area contributed by atoms with Gasteiger partial charge in [0.1, 0.15) is 5.69 Å². The Hall–Kier alpha value is -0.980. The number of amides is 1. The van der Waals surface area contributed by atoms with Crippen LogP contribution in [0, 0.1) is 0 Å². The molecule has 0 unspecified atom stereocenters. The van der Waals surface area contributed by atoms with Crippen molar-refractivity contribution >= 4 is 17.2 Å². The second-order valence-corrected chi connectivity index (χ2v) is 6.08. The predicted molar refractivity (Wildman–Crippen MR) is 73.4 cm³/mol. The average Bonchev–Trinajstić information content (AvgIpc) is 2.96. The molecule has 104 valence electrons. The first-order valence-electron chi connectivity index (χ1n) is 6.68. The van der Waals surface area contributed by atoms with E-state index in [1.165, 1.54) is 11.3 Å². The molecule has 2 aliphatic rings. The van der Waals surface area contributed by atoms with E-state index in [0.717, 1.165) is 45.7 Å². The summed E-state index contributed by atoms with van der Waals surface area (Å²) in [7, 11) is 2.17. The summed E-state index contributed by atoms with van der Waals surface area (Å²) < 4.78 is 5.65. The number of likely N-dealkylation sites (N-methyl/N-ethyl adjacent to an activating group) is 1. The van der Waals surface area contributed by atoms with Gasteiger partial charge in [0, 0.05) is 30.6 Å². The number of aromatic nitrogens is 1. The van der Waals surface area contributed by atoms with Gasteiger partial charge in [0.05, 0.1) is 18.7 Å². The number of piperidine rings is 1. The van der Waals surface area contributed by atoms with Crippen molar-refractivity contribution < 1.29 is 9.53 Å². The second-order valence-electron chi connectivity index (χ2n) is 5.36. The predicted octanol–water partition coefficient (Wildman–Crippen LogP) is 1.08. The lowest BCUT2D eigenvalue weighted by Crippen LogP contribution is -2.60. The molecule has 2 aliphatic heterocycles. The van der Waals surface area contributed by atoms with E-state index >= 15 is 0 Å². The number of nitrogens with zero attached hydrogens (tertiary/aromatic N) is 3. The molecular formula is C13H19N3O2S. The molecule has 2 saturated heterocycles. The number of hydrogen-bond donors (Lipinski definition) is 0. The monoisotopic (exact) mass is 281 g/mol. The van der Waals surface area contributed by atoms with Crippen molar-refractivity contribution in [2.75, 3.05) is 39.9 Å². The summed E-state index contributed by atoms with van der Waals surface area (Å²) in [5.74, 6) is 0.0653. The largest absolute Gasteiger partial charge is 0.378 e. The average molecular weight is 281 g/mol. The Labute approximate surface area is 117 Å². The number of thiazole rings is 1. The van der Waals surface area contributed by atoms with E-state index in [1.54, 1.807) is 5.51 Å². The van der Waals surface area contributed by atoms with Crippen LogP contribution in [-0.4, -0.2) is 66.1 Å². The van der Waals surface area contributed by atoms with Crippen molar-refractivity contribution in [3.63, 3.8) is 0 Å². The zero-order chi connectivity index (χ0) is 13.3. The topological polar surface area (TPSA) is 45.7 Å². The van der Waals surface area contributed by atoms with Gasteiger partial charge in [-0.1, -0.05) is 0 Å². The number of hydrogen-bond acceptors (Lipinski definition) is 5. The van der Waals surface area contributed by atoms with Crippen LogP contribution in [0.15, 0.2) is 10.9 Å². The van der Waals surface area contributed by atoms with Crippen LogP contribution in [0.3, 0.4) is 0 Å². The Morgan fingerprint density at radius 2 is 2.21 bits per heavy atom. The molecule has 1 aromatic rings. The van der Waals surface area contributed by atoms with Gasteiger partial charge in [-0.05, 0) is 19.9 Å². The normalized spacial score (nSPS) is 23.7. The van der Waals surface area contributed by atoms with E-state index in [0.29, 0.717) is 5.69 Å². The summed E-state index contributed by atoms with van der Waals surface area (Å²) in [6.07, 6.45) is 1.97. The number of ether oxygens (including phenoxy) is 1. The molecule has 3 rings (SSSR count). The molecule has 0 aromatic carbocycles. The third-order valence-electron chi connectivity index (χ3n) is 4.38. The third kappa shape index (κ3) is 2.40. The number of rotatable bonds is 1. The van der Waals surface area contributed by atoms with Gasteiger partial charge in [-0.3, -0.25) is 9.69 Å². The highest BCUT2D eigenvalue weighted by molar-refractivity contribution is 7.07. The van der Waals surface area contributed by atoms with E-state index in [-0.39, 0.29) is 11.4 Å². The number of morpholine rings is 1. The van der Waals surface area contributed by atoms with Crippen molar-refractivity contribution in [1.29, 1.82) is 0 Å². The first-order valence-corrected chi connectivity index (χ1v) is 7.62. The summed E-state index contributed by atoms with van der Waals surface area (Å²) in [6.45, 7) is 4.19. The molecule has 1 aromatic heterocycles. The van der Waals surface area contributed by atoms with Crippen LogP contribution < -0.4 is 0 Å². The van der Waals surface area contributed by atoms with E-state index in [2.05, 4.69) is 16.9 Å². The lowest BCUT2D eigenvalue weighted by molar-refractivity contribution is -0.0796. The molecule has 0 atom stereocenters. The van der Waals surface area contributed by atoms with Gasteiger partial charge >= 0.3 is 0 Å². The zero-order valence-electron chi connectivity index (χ0n) is 11.2. The van der Waals surface area contributed by atoms with Crippen LogP contribution in [0.2, 0.25) is 0 Å². The number of carbonyl (C=O) groups is 1. The smallest absolute Gasteiger partial charge is 0.273 e. The molecule has 1 spiro atoms. The summed E-state index contributed by atoms with van der Waals surface area (Å²) >= 11 is 1.47. The second kappa shape index (κ2) is 5.19. The minimum Gasteiger partial charge on any atom is -0.378 e. The fraction of sp³-hybridized carbons (Fsp3) is 0.692. The Kier molecular flexibility index (Phi) is 3.56. The highest BCUT2D eigenvalue weighted by Gasteiger charge is 2.41. The molecule has 19 heavy (non-hydrogen) atoms. The standard InChI is InChI=1S/C13H19N3O2S/c1-15-6-7-18-9-13(15)2-4-16(5-3-13)12(17)11-8-19-10-14-11/h8,10H,2-7,9H2,1H3. The molecule has 0 saturated carbocycles. The van der Waals surface area contributed by atoms with E-state index in [4.69, 9.17) is 4.74 Å². The van der Waals surface area contributed by atoms with Crippen LogP contribution in [0.5, 0.6) is 0 Å². The fourth-order valence-electron chi connectivity index (χ4n) is 2.94. The van der Waals surface area contributed by atoms with Crippen LogP contribution in [0.1, 0.15) is 23.3 Å². The summed E-state index contributed by atoms with van der Waals surface area (Å²) in [5.41, 5.74) is 2.42. The maximum absolute atomic E-state index is 12.2. The number of likely N-dealkylation sites (tertiary alicyclic amines) is 1. The van der Waals surface area contributed by atoms with Crippen molar-refractivity contribution in [3.05, 3.63) is 16.6 Å². The first kappa shape index (κ1) is 13.0. The van der Waals surface area contributed by atoms with Crippen molar-refractivity contribution in [2.45, 2.75) is 18.4 Å². The van der Waals surface area contributed by atoms with Crippen molar-refractivity contribution in [2.24, 2.45) is 0 Å². The highest BCUT2D eigenvalue weighted by Crippen LogP contribution is 2.31. The van der Waals surface area contributed by atoms with Crippen molar-refractivity contribution in [3.8, 4) is 0 Å². The molecule has 6 heteroatoms. The lowest BCUT2D eigenvalue weighted by Gasteiger charge is -2.49.